The van der Waals surface area contributed by atoms with E-state index in [0.717, 1.165) is 0 Å². The van der Waals surface area contributed by atoms with Crippen LogP contribution in [0.1, 0.15) is 19.8 Å². The number of hydrogen-bond acceptors (Lipinski definition) is 5. The molecule has 2 saturated heterocycles. The molecule has 2 aliphatic rings. The average Bonchev–Trinajstić information content (AvgIpc) is 2.94. The van der Waals surface area contributed by atoms with E-state index in [1.165, 1.54) is 15.3 Å². The van der Waals surface area contributed by atoms with Gasteiger partial charge in [0.1, 0.15) is 11.9 Å². The first-order valence-corrected chi connectivity index (χ1v) is 8.94. The van der Waals surface area contributed by atoms with Crippen LogP contribution < -0.4 is 0 Å². The van der Waals surface area contributed by atoms with Crippen LogP contribution in [0.4, 0.5) is 0 Å². The van der Waals surface area contributed by atoms with Crippen LogP contribution in [0.25, 0.3) is 0 Å². The highest BCUT2D eigenvalue weighted by Gasteiger charge is 2.35. The minimum absolute atomic E-state index is 0.00188. The van der Waals surface area contributed by atoms with Gasteiger partial charge in [0.2, 0.25) is 5.91 Å². The Morgan fingerprint density at radius 1 is 1.52 bits per heavy atom. The molecule has 2 rings (SSSR count). The molecule has 0 aromatic rings. The Hall–Kier alpha value is -2.13. The number of aliphatic carboxylic acids is 1. The zero-order valence-corrected chi connectivity index (χ0v) is 14.7. The minimum atomic E-state index is -2.45. The lowest BCUT2D eigenvalue weighted by molar-refractivity contribution is -0.141. The number of carboxylic acids is 1. The number of rotatable bonds is 6. The summed E-state index contributed by atoms with van der Waals surface area (Å²) in [7, 11) is 0. The number of carbonyl (C=O) groups excluding carboxylic acids is 1. The van der Waals surface area contributed by atoms with Gasteiger partial charge in [-0.25, -0.2) is 0 Å². The number of nitrogens with zero attached hydrogens (tertiary/aromatic N) is 2. The van der Waals surface area contributed by atoms with Gasteiger partial charge < -0.3 is 19.3 Å². The predicted molar refractivity (Wildman–Crippen MR) is 89.5 cm³/mol. The van der Waals surface area contributed by atoms with Crippen molar-refractivity contribution in [3.63, 3.8) is 0 Å². The summed E-state index contributed by atoms with van der Waals surface area (Å²) >= 11 is -2.45. The van der Waals surface area contributed by atoms with E-state index < -0.39 is 29.3 Å². The van der Waals surface area contributed by atoms with Crippen LogP contribution in [0.15, 0.2) is 36.3 Å². The normalized spacial score (nSPS) is 28.3. The number of amides is 1. The Balaban J connectivity index is 2.04. The molecule has 0 aromatic heterocycles. The SMILES string of the molecule is C=C/C=C1/OC(CCN2CC(C(=O)O)CC2=O)CN(S(=O)[O-])/C1=C/C. The fourth-order valence-corrected chi connectivity index (χ4v) is 3.59. The van der Waals surface area contributed by atoms with Crippen molar-refractivity contribution in [2.75, 3.05) is 19.6 Å². The molecule has 25 heavy (non-hydrogen) atoms. The van der Waals surface area contributed by atoms with Crippen molar-refractivity contribution in [2.45, 2.75) is 25.9 Å². The Morgan fingerprint density at radius 2 is 2.24 bits per heavy atom. The maximum absolute atomic E-state index is 11.9. The van der Waals surface area contributed by atoms with Gasteiger partial charge >= 0.3 is 5.97 Å². The van der Waals surface area contributed by atoms with Crippen LogP contribution in [0.3, 0.4) is 0 Å². The predicted octanol–water partition coefficient (Wildman–Crippen LogP) is 0.778. The Bertz CT molecular complexity index is 645. The third-order valence-electron chi connectivity index (χ3n) is 4.19. The molecular weight excluding hydrogens is 348 g/mol. The van der Waals surface area contributed by atoms with Gasteiger partial charge in [-0.05, 0) is 13.0 Å². The summed E-state index contributed by atoms with van der Waals surface area (Å²) in [5, 5.41) is 9.01. The van der Waals surface area contributed by atoms with Gasteiger partial charge in [0.25, 0.3) is 0 Å². The van der Waals surface area contributed by atoms with Crippen molar-refractivity contribution in [1.82, 2.24) is 9.21 Å². The molecule has 0 bridgehead atoms. The van der Waals surface area contributed by atoms with Gasteiger partial charge in [-0.2, -0.15) is 0 Å². The fourth-order valence-electron chi connectivity index (χ4n) is 2.95. The van der Waals surface area contributed by atoms with Crippen LogP contribution >= 0.6 is 0 Å². The van der Waals surface area contributed by atoms with E-state index in [4.69, 9.17) is 9.84 Å². The van der Waals surface area contributed by atoms with E-state index in [2.05, 4.69) is 6.58 Å². The number of carboxylic acid groups (broad SMARTS) is 1. The Kier molecular flexibility index (Phi) is 6.38. The van der Waals surface area contributed by atoms with Crippen molar-refractivity contribution in [1.29, 1.82) is 0 Å². The third-order valence-corrected chi connectivity index (χ3v) is 4.90. The molecule has 1 amide bonds. The molecule has 8 nitrogen and oxygen atoms in total. The minimum Gasteiger partial charge on any atom is -0.755 e. The van der Waals surface area contributed by atoms with Crippen molar-refractivity contribution >= 4 is 23.1 Å². The lowest BCUT2D eigenvalue weighted by Gasteiger charge is -2.39. The summed E-state index contributed by atoms with van der Waals surface area (Å²) in [6, 6.07) is 0. The molecule has 2 aliphatic heterocycles. The lowest BCUT2D eigenvalue weighted by atomic mass is 10.1. The molecule has 3 unspecified atom stereocenters. The number of allylic oxidation sites excluding steroid dienone is 3. The molecule has 3 atom stereocenters. The van der Waals surface area contributed by atoms with E-state index in [1.807, 2.05) is 0 Å². The van der Waals surface area contributed by atoms with E-state index >= 15 is 0 Å². The van der Waals surface area contributed by atoms with Crippen molar-refractivity contribution in [3.8, 4) is 0 Å². The number of hydrogen-bond donors (Lipinski definition) is 1. The fraction of sp³-hybridized carbons (Fsp3) is 0.500. The van der Waals surface area contributed by atoms with E-state index in [9.17, 15) is 18.4 Å². The highest BCUT2D eigenvalue weighted by atomic mass is 32.2. The maximum Gasteiger partial charge on any atom is 0.308 e. The summed E-state index contributed by atoms with van der Waals surface area (Å²) in [6.07, 6.45) is 4.70. The summed E-state index contributed by atoms with van der Waals surface area (Å²) in [5.41, 5.74) is 0.438. The van der Waals surface area contributed by atoms with E-state index in [-0.39, 0.29) is 25.4 Å². The van der Waals surface area contributed by atoms with Gasteiger partial charge in [0.05, 0.1) is 18.2 Å². The molecule has 0 aliphatic carbocycles. The van der Waals surface area contributed by atoms with E-state index in [0.29, 0.717) is 24.4 Å². The third kappa shape index (κ3) is 4.49. The quantitative estimate of drug-likeness (QED) is 0.693. The van der Waals surface area contributed by atoms with Crippen LogP contribution in [0.2, 0.25) is 0 Å². The smallest absolute Gasteiger partial charge is 0.308 e. The van der Waals surface area contributed by atoms with Crippen molar-refractivity contribution in [2.24, 2.45) is 5.92 Å². The topological polar surface area (TPSA) is 110 Å². The number of ether oxygens (including phenoxy) is 1. The van der Waals surface area contributed by atoms with Gasteiger partial charge in [-0.15, -0.1) is 0 Å². The standard InChI is InChI=1S/C16H22N2O6S/c1-3-5-14-13(4-2)18(25(22)23)10-12(24-14)6-7-17-9-11(16(20)21)8-15(17)19/h3-5,11-12H,1,6-10H2,2H3,(H,20,21)(H,22,23)/p-1/b13-4+,14-5+. The first kappa shape index (κ1) is 19.2. The van der Waals surface area contributed by atoms with Crippen LogP contribution in [-0.2, 0) is 25.6 Å². The zero-order chi connectivity index (χ0) is 18.6. The van der Waals surface area contributed by atoms with Gasteiger partial charge in [0, 0.05) is 37.2 Å². The molecule has 0 spiro atoms. The molecular formula is C16H21N2O6S-. The summed E-state index contributed by atoms with van der Waals surface area (Å²) in [6.45, 7) is 5.94. The molecule has 2 fully saturated rings. The Labute approximate surface area is 148 Å². The summed E-state index contributed by atoms with van der Waals surface area (Å²) in [4.78, 5) is 24.4. The number of likely N-dealkylation sites (tertiary alicyclic amines) is 1. The number of carbonyl (C=O) groups is 2. The van der Waals surface area contributed by atoms with Gasteiger partial charge in [-0.1, -0.05) is 18.7 Å². The van der Waals surface area contributed by atoms with Crippen LogP contribution in [-0.4, -0.2) is 60.7 Å². The first-order chi connectivity index (χ1) is 11.9. The molecule has 0 saturated carbocycles. The molecule has 0 aromatic carbocycles. The largest absolute Gasteiger partial charge is 0.755 e. The maximum atomic E-state index is 11.9. The second-order valence-corrected chi connectivity index (χ2v) is 6.70. The molecule has 9 heteroatoms. The second kappa shape index (κ2) is 8.30. The molecule has 1 N–H and O–H groups in total. The van der Waals surface area contributed by atoms with Crippen LogP contribution in [0, 0.1) is 5.92 Å². The zero-order valence-electron chi connectivity index (χ0n) is 13.9. The molecule has 138 valence electrons. The highest BCUT2D eigenvalue weighted by molar-refractivity contribution is 7.76. The molecule has 0 radical (unpaired) electrons. The Morgan fingerprint density at radius 3 is 2.76 bits per heavy atom. The first-order valence-electron chi connectivity index (χ1n) is 7.90. The average molecular weight is 369 g/mol. The van der Waals surface area contributed by atoms with Crippen LogP contribution in [0.5, 0.6) is 0 Å². The summed E-state index contributed by atoms with van der Waals surface area (Å²) in [5.74, 6) is -1.47. The lowest BCUT2D eigenvalue weighted by Crippen LogP contribution is -2.42. The molecule has 2 heterocycles. The van der Waals surface area contributed by atoms with Gasteiger partial charge in [0.15, 0.2) is 0 Å². The van der Waals surface area contributed by atoms with E-state index in [1.54, 1.807) is 19.1 Å². The van der Waals surface area contributed by atoms with Crippen molar-refractivity contribution < 1.29 is 28.2 Å². The van der Waals surface area contributed by atoms with Crippen molar-refractivity contribution in [3.05, 3.63) is 36.3 Å². The second-order valence-electron chi connectivity index (χ2n) is 5.83. The highest BCUT2D eigenvalue weighted by Crippen LogP contribution is 2.28. The summed E-state index contributed by atoms with van der Waals surface area (Å²) < 4.78 is 30.0. The van der Waals surface area contributed by atoms with Gasteiger partial charge in [-0.3, -0.25) is 18.1 Å². The monoisotopic (exact) mass is 369 g/mol. The number of morpholine rings is 1.